The molecule has 0 bridgehead atoms. The molecule has 1 aliphatic heterocycles. The summed E-state index contributed by atoms with van der Waals surface area (Å²) < 4.78 is 8.21. The Kier molecular flexibility index (Phi) is 7.89. The average molecular weight is 493 g/mol. The molecule has 0 aromatic rings. The summed E-state index contributed by atoms with van der Waals surface area (Å²) in [5.41, 5.74) is -0.315. The SMILES string of the molecule is C[C](C)(C)[Al]1[CH2]C(C(C)(C)C)(C(C)(C)C)C(C(C)(C)C)(C(C)(C)C)C(C(C)(C)C)(C(C)(C)C)[O]1. The number of hydrogen-bond acceptors (Lipinski definition) is 1. The first-order chi connectivity index (χ1) is 14.3. The van der Waals surface area contributed by atoms with Crippen molar-refractivity contribution in [2.24, 2.45) is 43.3 Å². The molecule has 0 atom stereocenters. The summed E-state index contributed by atoms with van der Waals surface area (Å²) in [5.74, 6) is 0. The van der Waals surface area contributed by atoms with Crippen molar-refractivity contribution in [1.29, 1.82) is 0 Å². The van der Waals surface area contributed by atoms with Gasteiger partial charge in [-0.1, -0.05) is 155 Å². The summed E-state index contributed by atoms with van der Waals surface area (Å²) in [4.78, 5) is 0. The zero-order valence-electron chi connectivity index (χ0n) is 27.7. The van der Waals surface area contributed by atoms with Crippen LogP contribution in [-0.4, -0.2) is 20.1 Å². The van der Waals surface area contributed by atoms with Crippen LogP contribution in [0.2, 0.25) is 9.56 Å². The van der Waals surface area contributed by atoms with Crippen molar-refractivity contribution in [3.63, 3.8) is 0 Å². The molecule has 0 radical (unpaired) electrons. The third-order valence-electron chi connectivity index (χ3n) is 9.87. The topological polar surface area (TPSA) is 9.23 Å². The fourth-order valence-corrected chi connectivity index (χ4v) is 14.9. The molecule has 34 heavy (non-hydrogen) atoms. The van der Waals surface area contributed by atoms with E-state index in [0.29, 0.717) is 0 Å². The molecule has 0 aromatic carbocycles. The van der Waals surface area contributed by atoms with Crippen LogP contribution in [0.15, 0.2) is 0 Å². The molecule has 0 aromatic heterocycles. The van der Waals surface area contributed by atoms with Gasteiger partial charge in [-0.2, -0.15) is 0 Å². The minimum Gasteiger partial charge on any atom is -0.494 e. The van der Waals surface area contributed by atoms with Gasteiger partial charge in [0.2, 0.25) is 0 Å². The van der Waals surface area contributed by atoms with Gasteiger partial charge in [0.05, 0.1) is 5.60 Å². The van der Waals surface area contributed by atoms with Crippen LogP contribution in [0.4, 0.5) is 0 Å². The fourth-order valence-electron chi connectivity index (χ4n) is 10.5. The monoisotopic (exact) mass is 492 g/mol. The van der Waals surface area contributed by atoms with Gasteiger partial charge in [0.1, 0.15) is 0 Å². The van der Waals surface area contributed by atoms with Crippen LogP contribution in [-0.2, 0) is 3.79 Å². The van der Waals surface area contributed by atoms with Gasteiger partial charge in [0.15, 0.2) is 0 Å². The largest absolute Gasteiger partial charge is 0.494 e. The molecule has 0 N–H and O–H groups in total. The lowest BCUT2D eigenvalue weighted by Gasteiger charge is -2.84. The summed E-state index contributed by atoms with van der Waals surface area (Å²) in [6.07, 6.45) is 0. The van der Waals surface area contributed by atoms with Gasteiger partial charge in [-0.25, -0.2) is 0 Å². The van der Waals surface area contributed by atoms with Crippen LogP contribution in [0.1, 0.15) is 145 Å². The molecule has 0 aliphatic carbocycles. The van der Waals surface area contributed by atoms with E-state index in [1.165, 1.54) is 5.28 Å². The van der Waals surface area contributed by atoms with E-state index in [2.05, 4.69) is 145 Å². The van der Waals surface area contributed by atoms with E-state index in [1.807, 2.05) is 0 Å². The molecular formula is C32H65AlO. The Morgan fingerprint density at radius 1 is 0.441 bits per heavy atom. The molecule has 1 rings (SSSR count). The van der Waals surface area contributed by atoms with Crippen molar-refractivity contribution >= 4 is 14.5 Å². The van der Waals surface area contributed by atoms with Gasteiger partial charge in [-0.15, -0.1) is 0 Å². The second-order valence-electron chi connectivity index (χ2n) is 19.0. The van der Waals surface area contributed by atoms with Gasteiger partial charge in [0.25, 0.3) is 0 Å². The molecule has 1 fully saturated rings. The van der Waals surface area contributed by atoms with Crippen LogP contribution in [0.3, 0.4) is 0 Å². The van der Waals surface area contributed by atoms with Crippen LogP contribution >= 0.6 is 0 Å². The Hall–Kier alpha value is 0.492. The third kappa shape index (κ3) is 4.12. The highest BCUT2D eigenvalue weighted by molar-refractivity contribution is 6.56. The Morgan fingerprint density at radius 2 is 0.735 bits per heavy atom. The zero-order valence-corrected chi connectivity index (χ0v) is 28.8. The van der Waals surface area contributed by atoms with E-state index in [9.17, 15) is 0 Å². The molecular weight excluding hydrogens is 427 g/mol. The van der Waals surface area contributed by atoms with Gasteiger partial charge >= 0.3 is 14.5 Å². The summed E-state index contributed by atoms with van der Waals surface area (Å²) in [6.45, 7) is 52.9. The van der Waals surface area contributed by atoms with Crippen LogP contribution in [0.25, 0.3) is 0 Å². The summed E-state index contributed by atoms with van der Waals surface area (Å²) in [5, 5.41) is 1.21. The fraction of sp³-hybridized carbons (Fsp3) is 1.00. The van der Waals surface area contributed by atoms with Gasteiger partial charge in [-0.05, 0) is 37.9 Å². The highest BCUT2D eigenvalue weighted by atomic mass is 27.2. The van der Waals surface area contributed by atoms with Gasteiger partial charge < -0.3 is 3.79 Å². The minimum absolute atomic E-state index is 0.00360. The molecule has 2 heteroatoms. The second-order valence-corrected chi connectivity index (χ2v) is 22.4. The molecule has 202 valence electrons. The molecule has 1 nitrogen and oxygen atoms in total. The third-order valence-corrected chi connectivity index (χ3v) is 13.4. The van der Waals surface area contributed by atoms with Crippen LogP contribution in [0, 0.1) is 43.3 Å². The first-order valence-electron chi connectivity index (χ1n) is 14.0. The zero-order chi connectivity index (χ0) is 28.0. The number of hydrogen-bond donors (Lipinski definition) is 0. The molecule has 1 saturated heterocycles. The van der Waals surface area contributed by atoms with Crippen LogP contribution < -0.4 is 0 Å². The quantitative estimate of drug-likeness (QED) is 0.305. The Morgan fingerprint density at radius 3 is 0.912 bits per heavy atom. The lowest BCUT2D eigenvalue weighted by molar-refractivity contribution is -0.370. The first-order valence-corrected chi connectivity index (χ1v) is 15.9. The Balaban J connectivity index is 4.87. The van der Waals surface area contributed by atoms with E-state index >= 15 is 0 Å². The number of rotatable bonds is 0. The standard InChI is InChI=1S/C28H56O.C4H9.Al/c1-20(2,3)26(19,21(4,5)6)27(22(7,8)9,23(10,11)12)28(29,24(13,14)15)25(16,17)18;1-4(2)3;/h19H2,1-18H3;1-3H3;/q-1;;+1. The highest BCUT2D eigenvalue weighted by Crippen LogP contribution is 2.84. The molecule has 1 aliphatic rings. The van der Waals surface area contributed by atoms with Crippen molar-refractivity contribution in [3.05, 3.63) is 0 Å². The molecule has 0 spiro atoms. The maximum Gasteiger partial charge on any atom is 0.467 e. The Labute approximate surface area is 221 Å². The van der Waals surface area contributed by atoms with Crippen LogP contribution in [0.5, 0.6) is 0 Å². The summed E-state index contributed by atoms with van der Waals surface area (Å²) >= 11 is -1.69. The van der Waals surface area contributed by atoms with E-state index in [4.69, 9.17) is 3.79 Å². The second kappa shape index (κ2) is 8.24. The van der Waals surface area contributed by atoms with Crippen molar-refractivity contribution in [2.45, 2.75) is 161 Å². The van der Waals surface area contributed by atoms with E-state index < -0.39 is 14.5 Å². The van der Waals surface area contributed by atoms with Crippen molar-refractivity contribution in [3.8, 4) is 0 Å². The molecule has 1 heterocycles. The van der Waals surface area contributed by atoms with Crippen molar-refractivity contribution < 1.29 is 3.79 Å². The van der Waals surface area contributed by atoms with Crippen molar-refractivity contribution in [1.82, 2.24) is 0 Å². The van der Waals surface area contributed by atoms with E-state index in [-0.39, 0.29) is 53.2 Å². The summed E-state index contributed by atoms with van der Waals surface area (Å²) in [6, 6.07) is 0. The maximum absolute atomic E-state index is 8.02. The maximum atomic E-state index is 8.02. The normalized spacial score (nSPS) is 22.7. The lowest BCUT2D eigenvalue weighted by Crippen LogP contribution is -2.85. The predicted octanol–water partition coefficient (Wildman–Crippen LogP) is 10.8. The minimum atomic E-state index is -1.69. The van der Waals surface area contributed by atoms with Crippen molar-refractivity contribution in [2.75, 3.05) is 0 Å². The predicted molar refractivity (Wildman–Crippen MR) is 156 cm³/mol. The molecule has 0 saturated carbocycles. The Bertz CT molecular complexity index is 637. The van der Waals surface area contributed by atoms with Gasteiger partial charge in [-0.3, -0.25) is 0 Å². The average Bonchev–Trinajstić information content (AvgIpc) is 2.45. The highest BCUT2D eigenvalue weighted by Gasteiger charge is 2.84. The van der Waals surface area contributed by atoms with E-state index in [0.717, 1.165) is 0 Å². The first kappa shape index (κ1) is 32.5. The summed E-state index contributed by atoms with van der Waals surface area (Å²) in [7, 11) is 0. The molecule has 0 amide bonds. The van der Waals surface area contributed by atoms with Gasteiger partial charge in [0, 0.05) is 5.41 Å². The lowest BCUT2D eigenvalue weighted by atomic mass is 9.26. The molecule has 0 unspecified atom stereocenters. The van der Waals surface area contributed by atoms with E-state index in [1.54, 1.807) is 0 Å². The smallest absolute Gasteiger partial charge is 0.467 e.